The van der Waals surface area contributed by atoms with Crippen LogP contribution in [0.2, 0.25) is 0 Å². The van der Waals surface area contributed by atoms with Crippen LogP contribution in [0.15, 0.2) is 73.2 Å². The molecule has 2 amide bonds. The summed E-state index contributed by atoms with van der Waals surface area (Å²) in [4.78, 5) is 36.2. The lowest BCUT2D eigenvalue weighted by molar-refractivity contribution is -0.120. The minimum absolute atomic E-state index is 0.0374. The molecule has 0 bridgehead atoms. The predicted octanol–water partition coefficient (Wildman–Crippen LogP) is 5.29. The van der Waals surface area contributed by atoms with E-state index in [-0.39, 0.29) is 18.6 Å². The minimum Gasteiger partial charge on any atom is -0.445 e. The van der Waals surface area contributed by atoms with Gasteiger partial charge in [0.2, 0.25) is 5.91 Å². The summed E-state index contributed by atoms with van der Waals surface area (Å²) in [6.07, 6.45) is 8.55. The summed E-state index contributed by atoms with van der Waals surface area (Å²) in [5, 5.41) is 7.77. The number of aromatic amines is 1. The summed E-state index contributed by atoms with van der Waals surface area (Å²) in [5.41, 5.74) is 2.77. The number of pyridine rings is 1. The number of alkyl carbamates (subject to hydrolysis) is 1. The highest BCUT2D eigenvalue weighted by Gasteiger charge is 2.19. The molecule has 0 saturated carbocycles. The van der Waals surface area contributed by atoms with Gasteiger partial charge < -0.3 is 20.4 Å². The molecule has 4 aromatic rings. The Morgan fingerprint density at radius 2 is 1.86 bits per heavy atom. The molecule has 1 atom stereocenters. The van der Waals surface area contributed by atoms with Gasteiger partial charge in [-0.25, -0.2) is 9.78 Å². The molecule has 3 N–H and O–H groups in total. The van der Waals surface area contributed by atoms with Gasteiger partial charge in [-0.1, -0.05) is 55.3 Å². The fraction of sp³-hybridized carbons (Fsp3) is 0.286. The number of nitrogens with zero attached hydrogens (tertiary/aromatic N) is 2. The van der Waals surface area contributed by atoms with E-state index in [0.29, 0.717) is 18.7 Å². The molecule has 0 aliphatic heterocycles. The lowest BCUT2D eigenvalue weighted by Crippen LogP contribution is -2.30. The first-order chi connectivity index (χ1) is 17.6. The van der Waals surface area contributed by atoms with Gasteiger partial charge in [0.15, 0.2) is 0 Å². The number of nitrogens with one attached hydrogen (secondary N) is 3. The van der Waals surface area contributed by atoms with E-state index in [4.69, 9.17) is 4.74 Å². The Morgan fingerprint density at radius 1 is 1.00 bits per heavy atom. The van der Waals surface area contributed by atoms with Crippen LogP contribution in [0.3, 0.4) is 0 Å². The number of amides is 2. The molecule has 0 aliphatic rings. The maximum absolute atomic E-state index is 12.6. The minimum atomic E-state index is -0.496. The Kier molecular flexibility index (Phi) is 8.64. The molecule has 2 aromatic heterocycles. The Hall–Kier alpha value is -4.20. The van der Waals surface area contributed by atoms with Crippen molar-refractivity contribution < 1.29 is 14.3 Å². The second kappa shape index (κ2) is 12.5. The van der Waals surface area contributed by atoms with Crippen LogP contribution in [0, 0.1) is 0 Å². The van der Waals surface area contributed by atoms with Crippen LogP contribution in [0.1, 0.15) is 49.5 Å². The zero-order valence-corrected chi connectivity index (χ0v) is 20.4. The van der Waals surface area contributed by atoms with E-state index in [2.05, 4.69) is 37.7 Å². The van der Waals surface area contributed by atoms with Crippen LogP contribution < -0.4 is 10.6 Å². The summed E-state index contributed by atoms with van der Waals surface area (Å²) < 4.78 is 5.44. The average molecular weight is 486 g/mol. The highest BCUT2D eigenvalue weighted by atomic mass is 16.5. The van der Waals surface area contributed by atoms with Gasteiger partial charge in [0, 0.05) is 36.8 Å². The number of rotatable bonds is 11. The van der Waals surface area contributed by atoms with Gasteiger partial charge >= 0.3 is 6.09 Å². The molecule has 0 fully saturated rings. The molecule has 8 nitrogen and oxygen atoms in total. The van der Waals surface area contributed by atoms with E-state index in [1.54, 1.807) is 19.4 Å². The third-order valence-electron chi connectivity index (χ3n) is 6.06. The predicted molar refractivity (Wildman–Crippen MR) is 139 cm³/mol. The number of carbonyl (C=O) groups excluding carboxylic acids is 2. The van der Waals surface area contributed by atoms with Crippen LogP contribution in [-0.4, -0.2) is 34.0 Å². The molecule has 0 radical (unpaired) electrons. The van der Waals surface area contributed by atoms with Crippen molar-refractivity contribution in [2.75, 3.05) is 7.05 Å². The van der Waals surface area contributed by atoms with E-state index in [0.717, 1.165) is 46.9 Å². The number of imidazole rings is 1. The molecule has 36 heavy (non-hydrogen) atoms. The number of hydrogen-bond acceptors (Lipinski definition) is 5. The van der Waals surface area contributed by atoms with Gasteiger partial charge in [0.1, 0.15) is 12.4 Å². The van der Waals surface area contributed by atoms with E-state index in [1.807, 2.05) is 48.7 Å². The first kappa shape index (κ1) is 24.9. The second-order valence-electron chi connectivity index (χ2n) is 8.65. The summed E-state index contributed by atoms with van der Waals surface area (Å²) in [6, 6.07) is 17.3. The van der Waals surface area contributed by atoms with Crippen molar-refractivity contribution in [2.24, 2.45) is 0 Å². The normalized spacial score (nSPS) is 11.7. The fourth-order valence-electron chi connectivity index (χ4n) is 4.03. The fourth-order valence-corrected chi connectivity index (χ4v) is 4.03. The smallest absolute Gasteiger partial charge is 0.408 e. The maximum Gasteiger partial charge on any atom is 0.408 e. The molecule has 0 aliphatic carbocycles. The van der Waals surface area contributed by atoms with Crippen LogP contribution in [0.4, 0.5) is 4.79 Å². The monoisotopic (exact) mass is 485 g/mol. The number of aromatic nitrogens is 3. The molecule has 4 rings (SSSR count). The zero-order chi connectivity index (χ0) is 25.2. The SMILES string of the molecule is CNC(=O)CCCCC[C@H](NC(=O)OCc1ccccc1)c1ncc(-c2ccc3ccncc3c2)[nH]1. The van der Waals surface area contributed by atoms with Gasteiger partial charge in [-0.15, -0.1) is 0 Å². The van der Waals surface area contributed by atoms with Gasteiger partial charge in [-0.2, -0.15) is 0 Å². The van der Waals surface area contributed by atoms with E-state index >= 15 is 0 Å². The van der Waals surface area contributed by atoms with E-state index in [1.165, 1.54) is 0 Å². The van der Waals surface area contributed by atoms with Crippen molar-refractivity contribution in [1.82, 2.24) is 25.6 Å². The Morgan fingerprint density at radius 3 is 2.69 bits per heavy atom. The molecular formula is C28H31N5O3. The molecule has 8 heteroatoms. The summed E-state index contributed by atoms with van der Waals surface area (Å²) in [5.74, 6) is 0.703. The lowest BCUT2D eigenvalue weighted by Gasteiger charge is -2.17. The first-order valence-electron chi connectivity index (χ1n) is 12.2. The van der Waals surface area contributed by atoms with Crippen molar-refractivity contribution in [3.8, 4) is 11.3 Å². The van der Waals surface area contributed by atoms with Crippen LogP contribution in [-0.2, 0) is 16.1 Å². The number of fused-ring (bicyclic) bond motifs is 1. The Bertz CT molecular complexity index is 1290. The van der Waals surface area contributed by atoms with E-state index < -0.39 is 6.09 Å². The molecular weight excluding hydrogens is 454 g/mol. The maximum atomic E-state index is 12.6. The highest BCUT2D eigenvalue weighted by Crippen LogP contribution is 2.25. The second-order valence-corrected chi connectivity index (χ2v) is 8.65. The number of unbranched alkanes of at least 4 members (excludes halogenated alkanes) is 2. The number of benzene rings is 2. The van der Waals surface area contributed by atoms with Crippen molar-refractivity contribution in [3.63, 3.8) is 0 Å². The van der Waals surface area contributed by atoms with Crippen LogP contribution in [0.25, 0.3) is 22.0 Å². The summed E-state index contributed by atoms with van der Waals surface area (Å²) in [6.45, 7) is 0.194. The highest BCUT2D eigenvalue weighted by molar-refractivity contribution is 5.85. The lowest BCUT2D eigenvalue weighted by atomic mass is 10.1. The average Bonchev–Trinajstić information content (AvgIpc) is 3.41. The van der Waals surface area contributed by atoms with Crippen LogP contribution in [0.5, 0.6) is 0 Å². The Labute approximate surface area is 210 Å². The van der Waals surface area contributed by atoms with Gasteiger partial charge in [0.25, 0.3) is 0 Å². The summed E-state index contributed by atoms with van der Waals surface area (Å²) >= 11 is 0. The number of H-pyrrole nitrogens is 1. The molecule has 0 saturated heterocycles. The van der Waals surface area contributed by atoms with Gasteiger partial charge in [0.05, 0.1) is 17.9 Å². The molecule has 2 aromatic carbocycles. The van der Waals surface area contributed by atoms with Crippen molar-refractivity contribution >= 4 is 22.8 Å². The van der Waals surface area contributed by atoms with Crippen molar-refractivity contribution in [2.45, 2.75) is 44.8 Å². The van der Waals surface area contributed by atoms with Crippen LogP contribution >= 0.6 is 0 Å². The number of carbonyl (C=O) groups is 2. The van der Waals surface area contributed by atoms with Crippen molar-refractivity contribution in [3.05, 3.63) is 84.6 Å². The quantitative estimate of drug-likeness (QED) is 0.250. The standard InChI is InChI=1S/C28H31N5O3/c1-29-26(34)11-7-3-6-10-24(33-28(35)36-19-20-8-4-2-5-9-20)27-31-18-25(32-27)22-13-12-21-14-15-30-17-23(21)16-22/h2,4-5,8-9,12-18,24H,3,6-7,10-11,19H2,1H3,(H,29,34)(H,31,32)(H,33,35)/t24-/m0/s1. The van der Waals surface area contributed by atoms with Gasteiger partial charge in [-0.3, -0.25) is 9.78 Å². The molecule has 2 heterocycles. The largest absolute Gasteiger partial charge is 0.445 e. The molecule has 186 valence electrons. The topological polar surface area (TPSA) is 109 Å². The van der Waals surface area contributed by atoms with Gasteiger partial charge in [-0.05, 0) is 35.9 Å². The molecule has 0 spiro atoms. The summed E-state index contributed by atoms with van der Waals surface area (Å²) in [7, 11) is 1.64. The number of ether oxygens (including phenoxy) is 1. The van der Waals surface area contributed by atoms with E-state index in [9.17, 15) is 9.59 Å². The third kappa shape index (κ3) is 6.91. The molecule has 0 unspecified atom stereocenters. The Balaban J connectivity index is 1.43. The van der Waals surface area contributed by atoms with Crippen molar-refractivity contribution in [1.29, 1.82) is 0 Å². The first-order valence-corrected chi connectivity index (χ1v) is 12.2. The third-order valence-corrected chi connectivity index (χ3v) is 6.06. The number of hydrogen-bond donors (Lipinski definition) is 3. The zero-order valence-electron chi connectivity index (χ0n) is 20.4.